The van der Waals surface area contributed by atoms with E-state index in [-0.39, 0.29) is 0 Å². The third-order valence-corrected chi connectivity index (χ3v) is 3.55. The molecule has 0 amide bonds. The van der Waals surface area contributed by atoms with Gasteiger partial charge in [-0.15, -0.1) is 0 Å². The molecule has 1 rings (SSSR count). The van der Waals surface area contributed by atoms with Crippen molar-refractivity contribution >= 4 is 5.71 Å². The van der Waals surface area contributed by atoms with Crippen molar-refractivity contribution in [2.45, 2.75) is 71.6 Å². The Bertz CT molecular complexity index is 176. The maximum Gasteiger partial charge on any atom is 0.0416 e. The molecular formula is C14H27N. The second-order valence-electron chi connectivity index (χ2n) is 4.88. The topological polar surface area (TPSA) is 12.4 Å². The molecule has 0 aromatic heterocycles. The van der Waals surface area contributed by atoms with Crippen molar-refractivity contribution in [1.29, 1.82) is 0 Å². The summed E-state index contributed by atoms with van der Waals surface area (Å²) in [5.41, 5.74) is 1.51. The lowest BCUT2D eigenvalue weighted by atomic mass is 9.97. The van der Waals surface area contributed by atoms with Crippen LogP contribution in [0.3, 0.4) is 0 Å². The molecule has 1 aliphatic rings. The number of hydrogen-bond acceptors (Lipinski definition) is 1. The summed E-state index contributed by atoms with van der Waals surface area (Å²) < 4.78 is 0. The molecule has 1 unspecified atom stereocenters. The highest BCUT2D eigenvalue weighted by molar-refractivity contribution is 5.84. The van der Waals surface area contributed by atoms with Crippen LogP contribution in [0, 0.1) is 5.92 Å². The minimum atomic E-state index is 0.847. The van der Waals surface area contributed by atoms with Crippen LogP contribution >= 0.6 is 0 Å². The number of rotatable bonds is 6. The summed E-state index contributed by atoms with van der Waals surface area (Å²) in [6.07, 6.45) is 12.1. The van der Waals surface area contributed by atoms with Crippen LogP contribution in [0.1, 0.15) is 71.6 Å². The van der Waals surface area contributed by atoms with Crippen molar-refractivity contribution in [3.63, 3.8) is 0 Å². The zero-order chi connectivity index (χ0) is 10.9. The quantitative estimate of drug-likeness (QED) is 0.606. The van der Waals surface area contributed by atoms with E-state index in [0.29, 0.717) is 0 Å². The second kappa shape index (κ2) is 7.90. The van der Waals surface area contributed by atoms with E-state index in [4.69, 9.17) is 4.99 Å². The molecule has 0 aromatic carbocycles. The van der Waals surface area contributed by atoms with Gasteiger partial charge in [0, 0.05) is 12.3 Å². The minimum absolute atomic E-state index is 0.847. The summed E-state index contributed by atoms with van der Waals surface area (Å²) >= 11 is 0. The molecule has 1 atom stereocenters. The fourth-order valence-electron chi connectivity index (χ4n) is 2.29. The molecule has 88 valence electrons. The average molecular weight is 209 g/mol. The Labute approximate surface area is 95.4 Å². The van der Waals surface area contributed by atoms with Crippen molar-refractivity contribution in [3.8, 4) is 0 Å². The highest BCUT2D eigenvalue weighted by atomic mass is 14.7. The van der Waals surface area contributed by atoms with Crippen molar-refractivity contribution < 1.29 is 0 Å². The zero-order valence-corrected chi connectivity index (χ0v) is 10.6. The first-order valence-electron chi connectivity index (χ1n) is 6.89. The SMILES string of the molecule is CCCCC(CC)CN=C1CCCCC1. The van der Waals surface area contributed by atoms with Gasteiger partial charge in [0.05, 0.1) is 0 Å². The van der Waals surface area contributed by atoms with Gasteiger partial charge in [0.1, 0.15) is 0 Å². The van der Waals surface area contributed by atoms with E-state index >= 15 is 0 Å². The van der Waals surface area contributed by atoms with E-state index in [1.54, 1.807) is 0 Å². The average Bonchev–Trinajstić information content (AvgIpc) is 2.31. The molecule has 1 nitrogen and oxygen atoms in total. The maximum atomic E-state index is 4.82. The Morgan fingerprint density at radius 1 is 1.13 bits per heavy atom. The highest BCUT2D eigenvalue weighted by Crippen LogP contribution is 2.17. The molecule has 0 aromatic rings. The number of unbranched alkanes of at least 4 members (excludes halogenated alkanes) is 1. The fraction of sp³-hybridized carbons (Fsp3) is 0.929. The molecule has 1 aliphatic carbocycles. The van der Waals surface area contributed by atoms with Gasteiger partial charge in [-0.05, 0) is 38.0 Å². The van der Waals surface area contributed by atoms with Gasteiger partial charge in [0.25, 0.3) is 0 Å². The number of aliphatic imine (C=N–C) groups is 1. The molecule has 0 saturated heterocycles. The number of nitrogens with zero attached hydrogens (tertiary/aromatic N) is 1. The molecule has 1 heteroatoms. The van der Waals surface area contributed by atoms with Gasteiger partial charge in [-0.25, -0.2) is 0 Å². The van der Waals surface area contributed by atoms with Crippen LogP contribution < -0.4 is 0 Å². The van der Waals surface area contributed by atoms with E-state index in [1.807, 2.05) is 0 Å². The predicted octanol–water partition coefficient (Wildman–Crippen LogP) is 4.61. The third kappa shape index (κ3) is 5.34. The first-order chi connectivity index (χ1) is 7.36. The van der Waals surface area contributed by atoms with E-state index in [0.717, 1.165) is 12.5 Å². The smallest absolute Gasteiger partial charge is 0.0416 e. The van der Waals surface area contributed by atoms with Crippen LogP contribution in [0.5, 0.6) is 0 Å². The zero-order valence-electron chi connectivity index (χ0n) is 10.6. The molecule has 0 radical (unpaired) electrons. The van der Waals surface area contributed by atoms with Crippen molar-refractivity contribution in [2.24, 2.45) is 10.9 Å². The molecule has 0 heterocycles. The normalized spacial score (nSPS) is 18.9. The Morgan fingerprint density at radius 3 is 2.47 bits per heavy atom. The molecular weight excluding hydrogens is 182 g/mol. The monoisotopic (exact) mass is 209 g/mol. The standard InChI is InChI=1S/C14H27N/c1-3-5-9-13(4-2)12-15-14-10-7-6-8-11-14/h13H,3-12H2,1-2H3. The van der Waals surface area contributed by atoms with Gasteiger partial charge in [0.2, 0.25) is 0 Å². The Morgan fingerprint density at radius 2 is 1.87 bits per heavy atom. The summed E-state index contributed by atoms with van der Waals surface area (Å²) in [5, 5.41) is 0. The van der Waals surface area contributed by atoms with E-state index < -0.39 is 0 Å². The van der Waals surface area contributed by atoms with Crippen molar-refractivity contribution in [3.05, 3.63) is 0 Å². The number of hydrogen-bond donors (Lipinski definition) is 0. The van der Waals surface area contributed by atoms with Crippen molar-refractivity contribution in [2.75, 3.05) is 6.54 Å². The summed E-state index contributed by atoms with van der Waals surface area (Å²) in [7, 11) is 0. The van der Waals surface area contributed by atoms with Gasteiger partial charge in [-0.2, -0.15) is 0 Å². The van der Waals surface area contributed by atoms with Crippen LogP contribution in [-0.4, -0.2) is 12.3 Å². The van der Waals surface area contributed by atoms with Gasteiger partial charge in [-0.3, -0.25) is 4.99 Å². The van der Waals surface area contributed by atoms with Crippen LogP contribution in [0.15, 0.2) is 4.99 Å². The lowest BCUT2D eigenvalue weighted by Crippen LogP contribution is -2.09. The van der Waals surface area contributed by atoms with Gasteiger partial charge >= 0.3 is 0 Å². The van der Waals surface area contributed by atoms with Gasteiger partial charge in [-0.1, -0.05) is 39.5 Å². The largest absolute Gasteiger partial charge is 0.294 e. The Kier molecular flexibility index (Phi) is 6.71. The second-order valence-corrected chi connectivity index (χ2v) is 4.88. The molecule has 0 bridgehead atoms. The third-order valence-electron chi connectivity index (χ3n) is 3.55. The van der Waals surface area contributed by atoms with E-state index in [1.165, 1.54) is 63.5 Å². The Hall–Kier alpha value is -0.330. The van der Waals surface area contributed by atoms with Gasteiger partial charge in [0.15, 0.2) is 0 Å². The first kappa shape index (κ1) is 12.7. The van der Waals surface area contributed by atoms with Gasteiger partial charge < -0.3 is 0 Å². The summed E-state index contributed by atoms with van der Waals surface area (Å²) in [5.74, 6) is 0.847. The molecule has 0 N–H and O–H groups in total. The molecule has 1 saturated carbocycles. The molecule has 0 spiro atoms. The van der Waals surface area contributed by atoms with E-state index in [2.05, 4.69) is 13.8 Å². The maximum absolute atomic E-state index is 4.82. The molecule has 0 aliphatic heterocycles. The lowest BCUT2D eigenvalue weighted by Gasteiger charge is -2.15. The highest BCUT2D eigenvalue weighted by Gasteiger charge is 2.08. The van der Waals surface area contributed by atoms with Crippen LogP contribution in [0.25, 0.3) is 0 Å². The lowest BCUT2D eigenvalue weighted by molar-refractivity contribution is 0.461. The summed E-state index contributed by atoms with van der Waals surface area (Å²) in [6, 6.07) is 0. The summed E-state index contributed by atoms with van der Waals surface area (Å²) in [6.45, 7) is 5.69. The Balaban J connectivity index is 2.24. The first-order valence-corrected chi connectivity index (χ1v) is 6.89. The fourth-order valence-corrected chi connectivity index (χ4v) is 2.29. The predicted molar refractivity (Wildman–Crippen MR) is 68.7 cm³/mol. The van der Waals surface area contributed by atoms with E-state index in [9.17, 15) is 0 Å². The van der Waals surface area contributed by atoms with Crippen molar-refractivity contribution in [1.82, 2.24) is 0 Å². The minimum Gasteiger partial charge on any atom is -0.294 e. The molecule has 15 heavy (non-hydrogen) atoms. The molecule has 1 fully saturated rings. The van der Waals surface area contributed by atoms with Crippen LogP contribution in [0.4, 0.5) is 0 Å². The van der Waals surface area contributed by atoms with Crippen LogP contribution in [-0.2, 0) is 0 Å². The van der Waals surface area contributed by atoms with Crippen LogP contribution in [0.2, 0.25) is 0 Å². The summed E-state index contributed by atoms with van der Waals surface area (Å²) in [4.78, 5) is 4.82.